The summed E-state index contributed by atoms with van der Waals surface area (Å²) in [5.41, 5.74) is 2.26. The zero-order chi connectivity index (χ0) is 15.9. The van der Waals surface area contributed by atoms with Crippen LogP contribution in [-0.2, 0) is 14.8 Å². The van der Waals surface area contributed by atoms with Gasteiger partial charge in [0.2, 0.25) is 10.0 Å². The minimum absolute atomic E-state index is 0.0662. The smallest absolute Gasteiger partial charge is 0.244 e. The molecule has 0 fully saturated rings. The quantitative estimate of drug-likeness (QED) is 0.527. The number of nitriles is 1. The number of nitrogens with one attached hydrogen (secondary N) is 1. The van der Waals surface area contributed by atoms with Crippen LogP contribution in [0, 0.1) is 11.3 Å². The second kappa shape index (κ2) is 8.11. The molecule has 1 aromatic heterocycles. The molecule has 0 unspecified atom stereocenters. The predicted octanol–water partition coefficient (Wildman–Crippen LogP) is 0.571. The summed E-state index contributed by atoms with van der Waals surface area (Å²) in [7, 11) is -2.34. The molecule has 116 valence electrons. The second-order valence-electron chi connectivity index (χ2n) is 3.95. The van der Waals surface area contributed by atoms with E-state index in [-0.39, 0.29) is 41.9 Å². The molecule has 0 saturated carbocycles. The summed E-state index contributed by atoms with van der Waals surface area (Å²) >= 11 is 5.88. The van der Waals surface area contributed by atoms with Crippen molar-refractivity contribution in [2.45, 2.75) is 11.3 Å². The largest absolute Gasteiger partial charge is 0.383 e. The maximum Gasteiger partial charge on any atom is 0.244 e. The molecule has 21 heavy (non-hydrogen) atoms. The second-order valence-corrected chi connectivity index (χ2v) is 6.30. The number of nitrogen functional groups attached to an aromatic ring is 1. The van der Waals surface area contributed by atoms with Gasteiger partial charge < -0.3 is 10.2 Å². The van der Waals surface area contributed by atoms with E-state index in [1.165, 1.54) is 13.2 Å². The van der Waals surface area contributed by atoms with Crippen molar-refractivity contribution in [1.82, 2.24) is 9.29 Å². The van der Waals surface area contributed by atoms with E-state index in [2.05, 4.69) is 10.4 Å². The molecule has 0 atom stereocenters. The molecule has 0 aromatic carbocycles. The van der Waals surface area contributed by atoms with Gasteiger partial charge in [-0.05, 0) is 6.07 Å². The van der Waals surface area contributed by atoms with Gasteiger partial charge in [-0.3, -0.25) is 0 Å². The number of sulfonamides is 1. The number of hydrazine groups is 1. The molecule has 0 saturated heterocycles. The van der Waals surface area contributed by atoms with Gasteiger partial charge in [0.25, 0.3) is 0 Å². The molecule has 0 radical (unpaired) electrons. The van der Waals surface area contributed by atoms with Gasteiger partial charge >= 0.3 is 0 Å². The number of hydrogen-bond donors (Lipinski definition) is 2. The zero-order valence-corrected chi connectivity index (χ0v) is 13.0. The van der Waals surface area contributed by atoms with Gasteiger partial charge in [0, 0.05) is 32.8 Å². The third kappa shape index (κ3) is 4.52. The Morgan fingerprint density at radius 1 is 1.57 bits per heavy atom. The first kappa shape index (κ1) is 17.6. The highest BCUT2D eigenvalue weighted by molar-refractivity contribution is 7.89. The van der Waals surface area contributed by atoms with E-state index in [1.54, 1.807) is 0 Å². The fraction of sp³-hybridized carbons (Fsp3) is 0.455. The van der Waals surface area contributed by atoms with Crippen molar-refractivity contribution in [3.8, 4) is 6.07 Å². The number of ether oxygens (including phenoxy) is 1. The maximum absolute atomic E-state index is 12.5. The molecule has 1 aromatic rings. The van der Waals surface area contributed by atoms with Crippen LogP contribution in [0.1, 0.15) is 6.42 Å². The van der Waals surface area contributed by atoms with Gasteiger partial charge in [0.05, 0.1) is 17.7 Å². The molecule has 0 aliphatic carbocycles. The number of aromatic nitrogens is 1. The van der Waals surface area contributed by atoms with Crippen molar-refractivity contribution in [2.75, 3.05) is 32.2 Å². The highest BCUT2D eigenvalue weighted by Gasteiger charge is 2.25. The van der Waals surface area contributed by atoms with Crippen LogP contribution in [-0.4, -0.2) is 44.5 Å². The van der Waals surface area contributed by atoms with E-state index < -0.39 is 10.0 Å². The molecule has 8 nitrogen and oxygen atoms in total. The fourth-order valence-electron chi connectivity index (χ4n) is 1.54. The van der Waals surface area contributed by atoms with Crippen molar-refractivity contribution < 1.29 is 13.2 Å². The predicted molar refractivity (Wildman–Crippen MR) is 77.9 cm³/mol. The van der Waals surface area contributed by atoms with Crippen LogP contribution in [0.5, 0.6) is 0 Å². The Morgan fingerprint density at radius 2 is 2.29 bits per heavy atom. The van der Waals surface area contributed by atoms with Crippen LogP contribution in [0.4, 0.5) is 5.82 Å². The Balaban J connectivity index is 3.09. The van der Waals surface area contributed by atoms with Crippen LogP contribution in [0.2, 0.25) is 5.02 Å². The Bertz CT molecular complexity index is 617. The highest BCUT2D eigenvalue weighted by Crippen LogP contribution is 2.23. The molecule has 1 heterocycles. The van der Waals surface area contributed by atoms with Crippen LogP contribution in [0.3, 0.4) is 0 Å². The third-order valence-electron chi connectivity index (χ3n) is 2.61. The summed E-state index contributed by atoms with van der Waals surface area (Å²) < 4.78 is 31.1. The minimum Gasteiger partial charge on any atom is -0.383 e. The number of nitrogens with zero attached hydrogens (tertiary/aromatic N) is 3. The first-order valence-electron chi connectivity index (χ1n) is 5.95. The molecule has 1 rings (SSSR count). The topological polar surface area (TPSA) is 121 Å². The molecule has 0 spiro atoms. The molecule has 10 heteroatoms. The number of methoxy groups -OCH3 is 1. The summed E-state index contributed by atoms with van der Waals surface area (Å²) in [4.78, 5) is 3.77. The Kier molecular flexibility index (Phi) is 6.80. The molecule has 0 bridgehead atoms. The van der Waals surface area contributed by atoms with Crippen molar-refractivity contribution >= 4 is 27.4 Å². The molecule has 0 aliphatic heterocycles. The maximum atomic E-state index is 12.5. The van der Waals surface area contributed by atoms with E-state index in [9.17, 15) is 8.42 Å². The highest BCUT2D eigenvalue weighted by atomic mass is 35.5. The molecular formula is C11H16ClN5O3S. The van der Waals surface area contributed by atoms with Gasteiger partial charge in [-0.25, -0.2) is 19.2 Å². The van der Waals surface area contributed by atoms with Crippen LogP contribution in [0.25, 0.3) is 0 Å². The summed E-state index contributed by atoms with van der Waals surface area (Å²) in [6.07, 6.45) is 1.23. The zero-order valence-electron chi connectivity index (χ0n) is 11.4. The third-order valence-corrected chi connectivity index (χ3v) is 4.76. The van der Waals surface area contributed by atoms with Gasteiger partial charge in [0.15, 0.2) is 5.82 Å². The molecule has 0 aliphatic rings. The Labute approximate surface area is 128 Å². The lowest BCUT2D eigenvalue weighted by atomic mass is 10.4. The summed E-state index contributed by atoms with van der Waals surface area (Å²) in [5.74, 6) is 5.37. The average molecular weight is 334 g/mol. The monoisotopic (exact) mass is 333 g/mol. The van der Waals surface area contributed by atoms with Crippen molar-refractivity contribution in [3.63, 3.8) is 0 Å². The summed E-state index contributed by atoms with van der Waals surface area (Å²) in [5, 5.41) is 8.72. The van der Waals surface area contributed by atoms with Gasteiger partial charge in [-0.15, -0.1) is 0 Å². The minimum atomic E-state index is -3.81. The normalized spacial score (nSPS) is 11.4. The number of halogens is 1. The number of pyridine rings is 1. The first-order valence-corrected chi connectivity index (χ1v) is 7.77. The van der Waals surface area contributed by atoms with Gasteiger partial charge in [-0.2, -0.15) is 9.57 Å². The Hall–Kier alpha value is -1.44. The lowest BCUT2D eigenvalue weighted by molar-refractivity contribution is 0.179. The van der Waals surface area contributed by atoms with Crippen molar-refractivity contribution in [2.24, 2.45) is 5.84 Å². The van der Waals surface area contributed by atoms with Gasteiger partial charge in [0.1, 0.15) is 4.90 Å². The molecular weight excluding hydrogens is 318 g/mol. The van der Waals surface area contributed by atoms with Crippen LogP contribution in [0.15, 0.2) is 17.2 Å². The first-order chi connectivity index (χ1) is 9.97. The van der Waals surface area contributed by atoms with E-state index in [1.807, 2.05) is 6.07 Å². The summed E-state index contributed by atoms with van der Waals surface area (Å²) in [6.45, 7) is 0.417. The number of rotatable bonds is 8. The Morgan fingerprint density at radius 3 is 2.81 bits per heavy atom. The van der Waals surface area contributed by atoms with Crippen LogP contribution < -0.4 is 11.3 Å². The van der Waals surface area contributed by atoms with E-state index in [4.69, 9.17) is 27.4 Å². The lowest BCUT2D eigenvalue weighted by Crippen LogP contribution is -2.34. The fourth-order valence-corrected chi connectivity index (χ4v) is 3.22. The van der Waals surface area contributed by atoms with Crippen molar-refractivity contribution in [1.29, 1.82) is 5.26 Å². The molecule has 3 N–H and O–H groups in total. The van der Waals surface area contributed by atoms with Gasteiger partial charge in [-0.1, -0.05) is 11.6 Å². The van der Waals surface area contributed by atoms with E-state index in [0.29, 0.717) is 0 Å². The number of nitrogens with two attached hydrogens (primary N) is 1. The molecule has 0 amide bonds. The number of anilines is 1. The van der Waals surface area contributed by atoms with E-state index in [0.717, 1.165) is 10.5 Å². The average Bonchev–Trinajstić information content (AvgIpc) is 2.47. The summed E-state index contributed by atoms with van der Waals surface area (Å²) in [6, 6.07) is 3.17. The van der Waals surface area contributed by atoms with Crippen LogP contribution >= 0.6 is 11.6 Å². The van der Waals surface area contributed by atoms with E-state index >= 15 is 0 Å². The number of hydrogen-bond acceptors (Lipinski definition) is 7. The SMILES string of the molecule is COCCN(CCC#N)S(=O)(=O)c1cnc(NN)c(Cl)c1. The lowest BCUT2D eigenvalue weighted by Gasteiger charge is -2.20. The standard InChI is InChI=1S/C11H16ClN5O3S/c1-20-6-5-17(4-2-3-13)21(18,19)9-7-10(12)11(16-14)15-8-9/h7-8H,2,4-6,14H2,1H3,(H,15,16). The van der Waals surface area contributed by atoms with Crippen molar-refractivity contribution in [3.05, 3.63) is 17.3 Å².